The van der Waals surface area contributed by atoms with E-state index in [0.29, 0.717) is 6.54 Å². The molecule has 1 fully saturated rings. The van der Waals surface area contributed by atoms with Gasteiger partial charge in [0.2, 0.25) is 0 Å². The monoisotopic (exact) mass is 389 g/mol. The van der Waals surface area contributed by atoms with Gasteiger partial charge in [-0.15, -0.1) is 0 Å². The third kappa shape index (κ3) is 6.37. The van der Waals surface area contributed by atoms with E-state index >= 15 is 0 Å². The molecule has 1 aromatic carbocycles. The molecule has 1 heterocycles. The summed E-state index contributed by atoms with van der Waals surface area (Å²) in [6.07, 6.45) is 6.12. The van der Waals surface area contributed by atoms with Crippen LogP contribution in [0.2, 0.25) is 0 Å². The Balaban J connectivity index is 2.26. The van der Waals surface area contributed by atoms with Crippen molar-refractivity contribution in [3.05, 3.63) is 47.7 Å². The van der Waals surface area contributed by atoms with Gasteiger partial charge in [-0.05, 0) is 12.0 Å². The first-order chi connectivity index (χ1) is 13.6. The zero-order valence-corrected chi connectivity index (χ0v) is 17.1. The van der Waals surface area contributed by atoms with Crippen molar-refractivity contribution in [2.24, 2.45) is 0 Å². The van der Waals surface area contributed by atoms with Crippen molar-refractivity contribution in [2.75, 3.05) is 14.2 Å². The van der Waals surface area contributed by atoms with Crippen LogP contribution in [0.15, 0.2) is 42.1 Å². The van der Waals surface area contributed by atoms with E-state index in [2.05, 4.69) is 6.92 Å². The van der Waals surface area contributed by atoms with Gasteiger partial charge >= 0.3 is 11.9 Å². The Morgan fingerprint density at radius 3 is 2.50 bits per heavy atom. The highest BCUT2D eigenvalue weighted by Crippen LogP contribution is 2.33. The summed E-state index contributed by atoms with van der Waals surface area (Å²) in [4.78, 5) is 25.9. The molecule has 0 saturated carbocycles. The molecular weight excluding hydrogens is 358 g/mol. The average molecular weight is 389 g/mol. The van der Waals surface area contributed by atoms with Gasteiger partial charge < -0.3 is 19.1 Å². The van der Waals surface area contributed by atoms with Crippen LogP contribution in [-0.2, 0) is 30.3 Å². The highest BCUT2D eigenvalue weighted by Gasteiger charge is 2.38. The second kappa shape index (κ2) is 11.5. The van der Waals surface area contributed by atoms with Gasteiger partial charge in [0.1, 0.15) is 12.3 Å². The number of methoxy groups -OCH3 is 2. The van der Waals surface area contributed by atoms with Gasteiger partial charge in [-0.2, -0.15) is 0 Å². The number of carbonyl (C=O) groups is 2. The first kappa shape index (κ1) is 22.0. The Hall–Kier alpha value is -2.34. The van der Waals surface area contributed by atoms with Gasteiger partial charge in [0, 0.05) is 12.6 Å². The molecule has 2 rings (SSSR count). The van der Waals surface area contributed by atoms with Crippen LogP contribution in [0.4, 0.5) is 0 Å². The standard InChI is InChI=1S/C22H31NO5/c1-4-5-6-10-13-19-18(14-21(24)26-2)23(16-17-11-8-7-9-12-17)20(28-19)15-22(25)27-3/h7-9,11-12,14,19-20H,4-6,10,13,15-16H2,1-3H3/b18-14+. The van der Waals surface area contributed by atoms with Crippen LogP contribution < -0.4 is 0 Å². The van der Waals surface area contributed by atoms with E-state index in [1.165, 1.54) is 26.7 Å². The van der Waals surface area contributed by atoms with Gasteiger partial charge in [-0.25, -0.2) is 4.79 Å². The van der Waals surface area contributed by atoms with Gasteiger partial charge in [-0.1, -0.05) is 62.9 Å². The molecule has 1 saturated heterocycles. The molecule has 2 atom stereocenters. The average Bonchev–Trinajstić information content (AvgIpc) is 3.01. The number of ether oxygens (including phenoxy) is 3. The van der Waals surface area contributed by atoms with Crippen LogP contribution in [0, 0.1) is 0 Å². The molecule has 6 heteroatoms. The van der Waals surface area contributed by atoms with Crippen molar-refractivity contribution in [2.45, 2.75) is 64.3 Å². The molecule has 154 valence electrons. The minimum absolute atomic E-state index is 0.104. The van der Waals surface area contributed by atoms with Gasteiger partial charge in [0.05, 0.1) is 26.3 Å². The van der Waals surface area contributed by atoms with Crippen LogP contribution in [0.1, 0.15) is 51.0 Å². The summed E-state index contributed by atoms with van der Waals surface area (Å²) < 4.78 is 15.9. The summed E-state index contributed by atoms with van der Waals surface area (Å²) >= 11 is 0. The van der Waals surface area contributed by atoms with Crippen LogP contribution in [0.5, 0.6) is 0 Å². The van der Waals surface area contributed by atoms with E-state index < -0.39 is 12.2 Å². The minimum atomic E-state index is -0.472. The molecule has 2 unspecified atom stereocenters. The summed E-state index contributed by atoms with van der Waals surface area (Å²) in [5.41, 5.74) is 1.84. The molecule has 0 spiro atoms. The predicted molar refractivity (Wildman–Crippen MR) is 106 cm³/mol. The third-order valence-electron chi connectivity index (χ3n) is 4.88. The van der Waals surface area contributed by atoms with Crippen molar-refractivity contribution >= 4 is 11.9 Å². The predicted octanol–water partition coefficient (Wildman–Crippen LogP) is 3.80. The fourth-order valence-electron chi connectivity index (χ4n) is 3.37. The lowest BCUT2D eigenvalue weighted by atomic mass is 10.1. The van der Waals surface area contributed by atoms with E-state index in [9.17, 15) is 9.59 Å². The van der Waals surface area contributed by atoms with Crippen LogP contribution in [-0.4, -0.2) is 43.4 Å². The number of hydrogen-bond donors (Lipinski definition) is 0. The van der Waals surface area contributed by atoms with Crippen LogP contribution >= 0.6 is 0 Å². The molecule has 0 aromatic heterocycles. The number of unbranched alkanes of at least 4 members (excludes halogenated alkanes) is 3. The van der Waals surface area contributed by atoms with E-state index in [4.69, 9.17) is 14.2 Å². The maximum atomic E-state index is 12.0. The highest BCUT2D eigenvalue weighted by molar-refractivity contribution is 5.82. The Kier molecular flexibility index (Phi) is 9.01. The molecule has 6 nitrogen and oxygen atoms in total. The summed E-state index contributed by atoms with van der Waals surface area (Å²) in [5.74, 6) is -0.763. The molecular formula is C22H31NO5. The third-order valence-corrected chi connectivity index (χ3v) is 4.88. The van der Waals surface area contributed by atoms with E-state index in [-0.39, 0.29) is 18.5 Å². The lowest BCUT2D eigenvalue weighted by molar-refractivity contribution is -0.146. The lowest BCUT2D eigenvalue weighted by Gasteiger charge is -2.25. The molecule has 0 radical (unpaired) electrons. The Morgan fingerprint density at radius 2 is 1.86 bits per heavy atom. The van der Waals surface area contributed by atoms with Gasteiger partial charge in [-0.3, -0.25) is 4.79 Å². The fourth-order valence-corrected chi connectivity index (χ4v) is 3.37. The summed E-state index contributed by atoms with van der Waals surface area (Å²) in [6, 6.07) is 9.91. The maximum Gasteiger partial charge on any atom is 0.332 e. The molecule has 0 aliphatic carbocycles. The minimum Gasteiger partial charge on any atom is -0.469 e. The SMILES string of the molecule is CCCCCCC1OC(CC(=O)OC)N(Cc2ccccc2)/C1=C/C(=O)OC. The first-order valence-corrected chi connectivity index (χ1v) is 9.91. The zero-order valence-electron chi connectivity index (χ0n) is 17.1. The summed E-state index contributed by atoms with van der Waals surface area (Å²) in [5, 5.41) is 0. The Labute approximate surface area is 167 Å². The molecule has 0 amide bonds. The molecule has 1 aliphatic rings. The topological polar surface area (TPSA) is 65.1 Å². The number of carbonyl (C=O) groups excluding carboxylic acids is 2. The van der Waals surface area contributed by atoms with E-state index in [1.54, 1.807) is 0 Å². The molecule has 1 aromatic rings. The number of hydrogen-bond acceptors (Lipinski definition) is 6. The Morgan fingerprint density at radius 1 is 1.11 bits per heavy atom. The molecule has 1 aliphatic heterocycles. The number of rotatable bonds is 10. The zero-order chi connectivity index (χ0) is 20.4. The maximum absolute atomic E-state index is 12.0. The summed E-state index contributed by atoms with van der Waals surface area (Å²) in [7, 11) is 2.73. The van der Waals surface area contributed by atoms with Crippen LogP contribution in [0.25, 0.3) is 0 Å². The smallest absolute Gasteiger partial charge is 0.332 e. The van der Waals surface area contributed by atoms with Crippen molar-refractivity contribution in [3.8, 4) is 0 Å². The number of benzene rings is 1. The highest BCUT2D eigenvalue weighted by atomic mass is 16.5. The lowest BCUT2D eigenvalue weighted by Crippen LogP contribution is -2.31. The summed E-state index contributed by atoms with van der Waals surface area (Å²) in [6.45, 7) is 2.71. The Bertz CT molecular complexity index is 658. The fraction of sp³-hybridized carbons (Fsp3) is 0.545. The number of nitrogens with zero attached hydrogens (tertiary/aromatic N) is 1. The van der Waals surface area contributed by atoms with Crippen molar-refractivity contribution in [1.29, 1.82) is 0 Å². The second-order valence-corrected chi connectivity index (χ2v) is 6.91. The van der Waals surface area contributed by atoms with Gasteiger partial charge in [0.15, 0.2) is 0 Å². The molecule has 28 heavy (non-hydrogen) atoms. The second-order valence-electron chi connectivity index (χ2n) is 6.91. The normalized spacial score (nSPS) is 20.4. The van der Waals surface area contributed by atoms with E-state index in [0.717, 1.165) is 36.9 Å². The number of esters is 2. The quantitative estimate of drug-likeness (QED) is 0.344. The molecule has 0 bridgehead atoms. The van der Waals surface area contributed by atoms with E-state index in [1.807, 2.05) is 35.2 Å². The van der Waals surface area contributed by atoms with Crippen molar-refractivity contribution in [3.63, 3.8) is 0 Å². The van der Waals surface area contributed by atoms with Crippen molar-refractivity contribution < 1.29 is 23.8 Å². The van der Waals surface area contributed by atoms with Gasteiger partial charge in [0.25, 0.3) is 0 Å². The van der Waals surface area contributed by atoms with Crippen LogP contribution in [0.3, 0.4) is 0 Å². The largest absolute Gasteiger partial charge is 0.469 e. The first-order valence-electron chi connectivity index (χ1n) is 9.91. The molecule has 0 N–H and O–H groups in total. The van der Waals surface area contributed by atoms with Crippen molar-refractivity contribution in [1.82, 2.24) is 4.90 Å².